The Bertz CT molecular complexity index is 1160. The van der Waals surface area contributed by atoms with Gasteiger partial charge >= 0.3 is 0 Å². The minimum Gasteiger partial charge on any atom is -0.456 e. The van der Waals surface area contributed by atoms with Crippen LogP contribution in [0.25, 0.3) is 33.2 Å². The van der Waals surface area contributed by atoms with E-state index in [-0.39, 0.29) is 0 Å². The van der Waals surface area contributed by atoms with Crippen molar-refractivity contribution in [1.82, 2.24) is 4.98 Å². The van der Waals surface area contributed by atoms with Gasteiger partial charge < -0.3 is 4.42 Å². The van der Waals surface area contributed by atoms with Gasteiger partial charge in [0, 0.05) is 22.5 Å². The second kappa shape index (κ2) is 6.89. The molecule has 4 rings (SSSR count). The molecule has 2 aromatic heterocycles. The monoisotopic (exact) mass is 387 g/mol. The van der Waals surface area contributed by atoms with Crippen LogP contribution in [0.2, 0.25) is 19.6 Å². The van der Waals surface area contributed by atoms with E-state index in [2.05, 4.69) is 89.1 Å². The summed E-state index contributed by atoms with van der Waals surface area (Å²) in [7, 11) is -1.42. The fourth-order valence-electron chi connectivity index (χ4n) is 3.98. The van der Waals surface area contributed by atoms with Gasteiger partial charge in [0.1, 0.15) is 11.2 Å². The minimum atomic E-state index is -1.42. The number of nitrogens with zero attached hydrogens (tertiary/aromatic N) is 1. The highest BCUT2D eigenvalue weighted by molar-refractivity contribution is 6.89. The third-order valence-electron chi connectivity index (χ3n) is 5.35. The summed E-state index contributed by atoms with van der Waals surface area (Å²) >= 11 is 0. The Morgan fingerprint density at radius 2 is 1.71 bits per heavy atom. The van der Waals surface area contributed by atoms with E-state index in [1.807, 2.05) is 0 Å². The molecule has 0 amide bonds. The van der Waals surface area contributed by atoms with Gasteiger partial charge in [-0.05, 0) is 65.9 Å². The molecule has 0 saturated heterocycles. The van der Waals surface area contributed by atoms with Crippen LogP contribution in [0.3, 0.4) is 0 Å². The lowest BCUT2D eigenvalue weighted by atomic mass is 10.0. The summed E-state index contributed by atoms with van der Waals surface area (Å²) in [6.45, 7) is 13.9. The first kappa shape index (κ1) is 18.9. The Balaban J connectivity index is 1.86. The molecule has 0 radical (unpaired) electrons. The quantitative estimate of drug-likeness (QED) is 0.364. The molecule has 0 unspecified atom stereocenters. The number of aryl methyl sites for hydroxylation is 1. The van der Waals surface area contributed by atoms with Crippen molar-refractivity contribution < 1.29 is 4.42 Å². The second-order valence-electron chi connectivity index (χ2n) is 9.39. The highest BCUT2D eigenvalue weighted by atomic mass is 28.3. The Morgan fingerprint density at radius 1 is 0.929 bits per heavy atom. The molecule has 0 N–H and O–H groups in total. The maximum atomic E-state index is 6.05. The summed E-state index contributed by atoms with van der Waals surface area (Å²) in [5, 5.41) is 3.81. The first-order valence-corrected chi connectivity index (χ1v) is 13.6. The maximum absolute atomic E-state index is 6.05. The third kappa shape index (κ3) is 3.51. The largest absolute Gasteiger partial charge is 0.456 e. The van der Waals surface area contributed by atoms with Gasteiger partial charge in [-0.1, -0.05) is 45.6 Å². The topological polar surface area (TPSA) is 26.0 Å². The van der Waals surface area contributed by atoms with E-state index in [4.69, 9.17) is 9.40 Å². The summed E-state index contributed by atoms with van der Waals surface area (Å²) in [6, 6.07) is 15.2. The molecule has 4 aromatic rings. The van der Waals surface area contributed by atoms with Gasteiger partial charge in [-0.15, -0.1) is 0 Å². The van der Waals surface area contributed by atoms with Gasteiger partial charge in [0.2, 0.25) is 0 Å². The van der Waals surface area contributed by atoms with Crippen molar-refractivity contribution >= 4 is 35.2 Å². The summed E-state index contributed by atoms with van der Waals surface area (Å²) in [5.74, 6) is 0.633. The molecular formula is C25H29NOSi. The number of furan rings is 1. The lowest BCUT2D eigenvalue weighted by Gasteiger charge is -2.22. The Labute approximate surface area is 168 Å². The minimum absolute atomic E-state index is 0.633. The predicted octanol–water partition coefficient (Wildman–Crippen LogP) is 6.70. The van der Waals surface area contributed by atoms with E-state index in [1.54, 1.807) is 0 Å². The zero-order valence-corrected chi connectivity index (χ0v) is 18.8. The molecule has 2 aromatic carbocycles. The number of aromatic nitrogens is 1. The van der Waals surface area contributed by atoms with Crippen LogP contribution in [0, 0.1) is 12.8 Å². The zero-order valence-electron chi connectivity index (χ0n) is 17.8. The highest BCUT2D eigenvalue weighted by Crippen LogP contribution is 2.32. The van der Waals surface area contributed by atoms with Crippen LogP contribution in [-0.2, 0) is 6.42 Å². The van der Waals surface area contributed by atoms with E-state index < -0.39 is 8.07 Å². The van der Waals surface area contributed by atoms with Crippen LogP contribution in [-0.4, -0.2) is 13.1 Å². The van der Waals surface area contributed by atoms with Crippen molar-refractivity contribution in [2.24, 2.45) is 5.92 Å². The molecule has 0 spiro atoms. The molecule has 28 heavy (non-hydrogen) atoms. The van der Waals surface area contributed by atoms with Gasteiger partial charge in [-0.25, -0.2) is 0 Å². The summed E-state index contributed by atoms with van der Waals surface area (Å²) in [4.78, 5) is 4.87. The summed E-state index contributed by atoms with van der Waals surface area (Å²) in [6.07, 6.45) is 3.24. The molecule has 0 aliphatic heterocycles. The van der Waals surface area contributed by atoms with Crippen molar-refractivity contribution in [2.75, 3.05) is 0 Å². The van der Waals surface area contributed by atoms with E-state index in [1.165, 1.54) is 21.7 Å². The van der Waals surface area contributed by atoms with E-state index in [9.17, 15) is 0 Å². The van der Waals surface area contributed by atoms with E-state index in [0.717, 1.165) is 34.2 Å². The fourth-order valence-corrected chi connectivity index (χ4v) is 5.57. The lowest BCUT2D eigenvalue weighted by molar-refractivity contribution is 0.649. The fraction of sp³-hybridized carbons (Fsp3) is 0.320. The standard InChI is InChI=1S/C25H29NOSi/c1-16(2)11-19-14-22(26-15-25(19)28(4,5)6)18-8-10-23-21(13-18)20-9-7-17(3)12-24(20)27-23/h7-10,12-16H,11H2,1-6H3. The van der Waals surface area contributed by atoms with Crippen molar-refractivity contribution in [2.45, 2.75) is 46.8 Å². The number of hydrogen-bond acceptors (Lipinski definition) is 2. The van der Waals surface area contributed by atoms with Gasteiger partial charge in [0.25, 0.3) is 0 Å². The molecular weight excluding hydrogens is 358 g/mol. The molecule has 0 bridgehead atoms. The number of hydrogen-bond donors (Lipinski definition) is 0. The van der Waals surface area contributed by atoms with Gasteiger partial charge in [-0.3, -0.25) is 4.98 Å². The average molecular weight is 388 g/mol. The van der Waals surface area contributed by atoms with E-state index in [0.29, 0.717) is 5.92 Å². The highest BCUT2D eigenvalue weighted by Gasteiger charge is 2.22. The summed E-state index contributed by atoms with van der Waals surface area (Å²) in [5.41, 5.74) is 6.78. The molecule has 3 heteroatoms. The summed E-state index contributed by atoms with van der Waals surface area (Å²) < 4.78 is 6.05. The molecule has 0 fully saturated rings. The van der Waals surface area contributed by atoms with E-state index >= 15 is 0 Å². The van der Waals surface area contributed by atoms with Crippen LogP contribution >= 0.6 is 0 Å². The Hall–Kier alpha value is -2.39. The molecule has 2 heterocycles. The smallest absolute Gasteiger partial charge is 0.135 e. The van der Waals surface area contributed by atoms with Crippen LogP contribution in [0.15, 0.2) is 53.1 Å². The number of pyridine rings is 1. The van der Waals surface area contributed by atoms with Gasteiger partial charge in [-0.2, -0.15) is 0 Å². The van der Waals surface area contributed by atoms with Crippen LogP contribution in [0.5, 0.6) is 0 Å². The third-order valence-corrected chi connectivity index (χ3v) is 7.41. The van der Waals surface area contributed by atoms with Crippen LogP contribution in [0.1, 0.15) is 25.0 Å². The average Bonchev–Trinajstić information content (AvgIpc) is 2.96. The van der Waals surface area contributed by atoms with Crippen LogP contribution in [0.4, 0.5) is 0 Å². The normalized spacial score (nSPS) is 12.4. The second-order valence-corrected chi connectivity index (χ2v) is 14.4. The molecule has 0 aliphatic rings. The molecule has 0 saturated carbocycles. The van der Waals surface area contributed by atoms with Crippen LogP contribution < -0.4 is 5.19 Å². The van der Waals surface area contributed by atoms with Crippen molar-refractivity contribution in [3.63, 3.8) is 0 Å². The first-order chi connectivity index (χ1) is 13.2. The van der Waals surface area contributed by atoms with Gasteiger partial charge in [0.05, 0.1) is 13.8 Å². The predicted molar refractivity (Wildman–Crippen MR) is 123 cm³/mol. The molecule has 0 aliphatic carbocycles. The SMILES string of the molecule is Cc1ccc2c(c1)oc1ccc(-c3cc(CC(C)C)c([Si](C)(C)C)cn3)cc12. The number of rotatable bonds is 4. The van der Waals surface area contributed by atoms with Crippen molar-refractivity contribution in [3.8, 4) is 11.3 Å². The molecule has 0 atom stereocenters. The van der Waals surface area contributed by atoms with Crippen molar-refractivity contribution in [3.05, 3.63) is 59.8 Å². The Kier molecular flexibility index (Phi) is 4.66. The van der Waals surface area contributed by atoms with Crippen molar-refractivity contribution in [1.29, 1.82) is 0 Å². The molecule has 2 nitrogen and oxygen atoms in total. The zero-order chi connectivity index (χ0) is 20.1. The number of benzene rings is 2. The van der Waals surface area contributed by atoms with Gasteiger partial charge in [0.15, 0.2) is 0 Å². The lowest BCUT2D eigenvalue weighted by Crippen LogP contribution is -2.40. The Morgan fingerprint density at radius 3 is 2.43 bits per heavy atom. The first-order valence-electron chi connectivity index (χ1n) is 10.1. The maximum Gasteiger partial charge on any atom is 0.135 e. The molecule has 144 valence electrons. The number of fused-ring (bicyclic) bond motifs is 3.